The van der Waals surface area contributed by atoms with Crippen molar-refractivity contribution in [3.63, 3.8) is 0 Å². The molecule has 4 aromatic rings. The third kappa shape index (κ3) is 3.62. The number of hydrogen-bond donors (Lipinski definition) is 1. The lowest BCUT2D eigenvalue weighted by molar-refractivity contribution is 0.102. The van der Waals surface area contributed by atoms with Gasteiger partial charge in [-0.1, -0.05) is 36.4 Å². The van der Waals surface area contributed by atoms with E-state index in [-0.39, 0.29) is 5.91 Å². The van der Waals surface area contributed by atoms with Crippen LogP contribution in [0.15, 0.2) is 89.7 Å². The number of benzene rings is 3. The molecule has 3 aromatic carbocycles. The Morgan fingerprint density at radius 1 is 0.929 bits per heavy atom. The van der Waals surface area contributed by atoms with E-state index in [9.17, 15) is 4.79 Å². The second-order valence-electron chi connectivity index (χ2n) is 6.41. The number of nitrogens with zero attached hydrogens (tertiary/aromatic N) is 2. The Morgan fingerprint density at radius 2 is 1.57 bits per heavy atom. The second-order valence-corrected chi connectivity index (χ2v) is 7.27. The van der Waals surface area contributed by atoms with Gasteiger partial charge in [0.25, 0.3) is 5.91 Å². The molecule has 0 saturated carbocycles. The van der Waals surface area contributed by atoms with Crippen LogP contribution in [-0.4, -0.2) is 17.9 Å². The van der Waals surface area contributed by atoms with E-state index in [0.717, 1.165) is 32.3 Å². The summed E-state index contributed by atoms with van der Waals surface area (Å²) in [7, 11) is 1.94. The number of aromatic nitrogens is 1. The minimum absolute atomic E-state index is 0.160. The molecule has 0 aliphatic carbocycles. The number of nitrogens with one attached hydrogen (secondary N) is 1. The Labute approximate surface area is 172 Å². The van der Waals surface area contributed by atoms with E-state index >= 15 is 0 Å². The van der Waals surface area contributed by atoms with Gasteiger partial charge in [0, 0.05) is 29.6 Å². The molecule has 1 aromatic heterocycles. The van der Waals surface area contributed by atoms with Crippen LogP contribution in [-0.2, 0) is 0 Å². The Balaban J connectivity index is 1.67. The zero-order valence-corrected chi connectivity index (χ0v) is 16.8. The van der Waals surface area contributed by atoms with Crippen molar-refractivity contribution in [1.29, 1.82) is 0 Å². The number of carbonyl (C=O) groups is 1. The SMILES string of the molecule is CN(c1ccncc1)c1ccccc1C(=O)Nc1cc2ccccc2cc1Br. The minimum Gasteiger partial charge on any atom is -0.344 e. The van der Waals surface area contributed by atoms with Gasteiger partial charge in [-0.2, -0.15) is 0 Å². The molecule has 0 saturated heterocycles. The fourth-order valence-corrected chi connectivity index (χ4v) is 3.62. The smallest absolute Gasteiger partial charge is 0.257 e. The fraction of sp³-hybridized carbons (Fsp3) is 0.0435. The molecule has 0 aliphatic rings. The molecule has 0 unspecified atom stereocenters. The standard InChI is InChI=1S/C23H18BrN3O/c1-27(18-10-12-25-13-11-18)22-9-5-4-8-19(22)23(28)26-21-15-17-7-3-2-6-16(17)14-20(21)24/h2-15H,1H3,(H,26,28). The molecule has 0 bridgehead atoms. The largest absolute Gasteiger partial charge is 0.344 e. The highest BCUT2D eigenvalue weighted by Gasteiger charge is 2.16. The highest BCUT2D eigenvalue weighted by Crippen LogP contribution is 2.31. The Hall–Kier alpha value is -3.18. The van der Waals surface area contributed by atoms with Crippen molar-refractivity contribution in [2.45, 2.75) is 0 Å². The predicted molar refractivity (Wildman–Crippen MR) is 118 cm³/mol. The van der Waals surface area contributed by atoms with E-state index in [4.69, 9.17) is 0 Å². The maximum atomic E-state index is 13.1. The average molecular weight is 432 g/mol. The van der Waals surface area contributed by atoms with Gasteiger partial charge in [-0.05, 0) is 63.1 Å². The Kier molecular flexibility index (Phi) is 5.08. The molecule has 1 heterocycles. The third-order valence-corrected chi connectivity index (χ3v) is 5.30. The second kappa shape index (κ2) is 7.82. The summed E-state index contributed by atoms with van der Waals surface area (Å²) in [6.45, 7) is 0. The highest BCUT2D eigenvalue weighted by atomic mass is 79.9. The minimum atomic E-state index is -0.160. The molecule has 5 heteroatoms. The maximum Gasteiger partial charge on any atom is 0.257 e. The van der Waals surface area contributed by atoms with Crippen LogP contribution in [0, 0.1) is 0 Å². The van der Waals surface area contributed by atoms with Crippen molar-refractivity contribution in [2.24, 2.45) is 0 Å². The van der Waals surface area contributed by atoms with E-state index in [1.54, 1.807) is 12.4 Å². The first-order chi connectivity index (χ1) is 13.6. The van der Waals surface area contributed by atoms with E-state index in [1.165, 1.54) is 0 Å². The van der Waals surface area contributed by atoms with Crippen molar-refractivity contribution in [1.82, 2.24) is 4.98 Å². The predicted octanol–water partition coefficient (Wildman–Crippen LogP) is 6.02. The number of pyridine rings is 1. The van der Waals surface area contributed by atoms with Gasteiger partial charge in [-0.15, -0.1) is 0 Å². The number of halogens is 1. The number of fused-ring (bicyclic) bond motifs is 1. The van der Waals surface area contributed by atoms with Gasteiger partial charge in [-0.3, -0.25) is 9.78 Å². The third-order valence-electron chi connectivity index (χ3n) is 4.64. The molecule has 1 amide bonds. The summed E-state index contributed by atoms with van der Waals surface area (Å²) in [5.74, 6) is -0.160. The Morgan fingerprint density at radius 3 is 2.32 bits per heavy atom. The lowest BCUT2D eigenvalue weighted by Crippen LogP contribution is -2.18. The highest BCUT2D eigenvalue weighted by molar-refractivity contribution is 9.10. The lowest BCUT2D eigenvalue weighted by atomic mass is 10.1. The summed E-state index contributed by atoms with van der Waals surface area (Å²) in [5, 5.41) is 5.23. The van der Waals surface area contributed by atoms with Gasteiger partial charge in [-0.25, -0.2) is 0 Å². The average Bonchev–Trinajstić information content (AvgIpc) is 2.74. The van der Waals surface area contributed by atoms with Crippen LogP contribution in [0.3, 0.4) is 0 Å². The molecular weight excluding hydrogens is 414 g/mol. The number of carbonyl (C=O) groups excluding carboxylic acids is 1. The van der Waals surface area contributed by atoms with Gasteiger partial charge in [0.1, 0.15) is 0 Å². The van der Waals surface area contributed by atoms with E-state index < -0.39 is 0 Å². The van der Waals surface area contributed by atoms with E-state index in [0.29, 0.717) is 5.56 Å². The van der Waals surface area contributed by atoms with Crippen molar-refractivity contribution in [3.05, 3.63) is 95.2 Å². The maximum absolute atomic E-state index is 13.1. The van der Waals surface area contributed by atoms with E-state index in [1.807, 2.05) is 84.7 Å². The lowest BCUT2D eigenvalue weighted by Gasteiger charge is -2.22. The summed E-state index contributed by atoms with van der Waals surface area (Å²) < 4.78 is 0.847. The monoisotopic (exact) mass is 431 g/mol. The van der Waals surface area contributed by atoms with Gasteiger partial charge < -0.3 is 10.2 Å². The van der Waals surface area contributed by atoms with Gasteiger partial charge >= 0.3 is 0 Å². The van der Waals surface area contributed by atoms with Crippen LogP contribution in [0.2, 0.25) is 0 Å². The zero-order valence-electron chi connectivity index (χ0n) is 15.3. The summed E-state index contributed by atoms with van der Waals surface area (Å²) in [4.78, 5) is 19.1. The quantitative estimate of drug-likeness (QED) is 0.429. The van der Waals surface area contributed by atoms with Gasteiger partial charge in [0.05, 0.1) is 16.9 Å². The molecule has 0 atom stereocenters. The van der Waals surface area contributed by atoms with Crippen LogP contribution >= 0.6 is 15.9 Å². The van der Waals surface area contributed by atoms with Crippen LogP contribution in [0.5, 0.6) is 0 Å². The molecule has 28 heavy (non-hydrogen) atoms. The fourth-order valence-electron chi connectivity index (χ4n) is 3.16. The topological polar surface area (TPSA) is 45.2 Å². The van der Waals surface area contributed by atoms with Crippen molar-refractivity contribution in [2.75, 3.05) is 17.3 Å². The summed E-state index contributed by atoms with van der Waals surface area (Å²) in [5.41, 5.74) is 3.12. The van der Waals surface area contributed by atoms with Crippen LogP contribution in [0.4, 0.5) is 17.1 Å². The number of hydrogen-bond acceptors (Lipinski definition) is 3. The van der Waals surface area contributed by atoms with Gasteiger partial charge in [0.15, 0.2) is 0 Å². The molecule has 1 N–H and O–H groups in total. The number of para-hydroxylation sites is 1. The first-order valence-electron chi connectivity index (χ1n) is 8.86. The number of anilines is 3. The summed E-state index contributed by atoms with van der Waals surface area (Å²) in [6, 6.07) is 23.4. The molecule has 0 fully saturated rings. The number of amides is 1. The number of rotatable bonds is 4. The van der Waals surface area contributed by atoms with Crippen LogP contribution in [0.25, 0.3) is 10.8 Å². The molecule has 0 aliphatic heterocycles. The first kappa shape index (κ1) is 18.2. The molecule has 0 radical (unpaired) electrons. The Bertz CT molecular complexity index is 1140. The van der Waals surface area contributed by atoms with Crippen molar-refractivity contribution in [3.8, 4) is 0 Å². The van der Waals surface area contributed by atoms with Gasteiger partial charge in [0.2, 0.25) is 0 Å². The normalized spacial score (nSPS) is 10.6. The molecule has 0 spiro atoms. The first-order valence-corrected chi connectivity index (χ1v) is 9.65. The summed E-state index contributed by atoms with van der Waals surface area (Å²) in [6.07, 6.45) is 3.47. The van der Waals surface area contributed by atoms with Crippen molar-refractivity contribution >= 4 is 49.7 Å². The van der Waals surface area contributed by atoms with Crippen LogP contribution < -0.4 is 10.2 Å². The summed E-state index contributed by atoms with van der Waals surface area (Å²) >= 11 is 3.57. The zero-order chi connectivity index (χ0) is 19.5. The van der Waals surface area contributed by atoms with Crippen molar-refractivity contribution < 1.29 is 4.79 Å². The molecule has 4 nitrogen and oxygen atoms in total. The van der Waals surface area contributed by atoms with Crippen LogP contribution in [0.1, 0.15) is 10.4 Å². The molecule has 4 rings (SSSR count). The van der Waals surface area contributed by atoms with E-state index in [2.05, 4.69) is 26.2 Å². The molecule has 138 valence electrons. The molecular formula is C23H18BrN3O.